The van der Waals surface area contributed by atoms with Crippen LogP contribution in [0.25, 0.3) is 0 Å². The van der Waals surface area contributed by atoms with Crippen molar-refractivity contribution in [1.29, 1.82) is 0 Å². The molecule has 0 aromatic heterocycles. The Balaban J connectivity index is 2.39. The lowest BCUT2D eigenvalue weighted by Crippen LogP contribution is -2.23. The number of benzene rings is 2. The lowest BCUT2D eigenvalue weighted by atomic mass is 10.1. The van der Waals surface area contributed by atoms with Gasteiger partial charge in [0.05, 0.1) is 7.11 Å². The second kappa shape index (κ2) is 6.54. The molecule has 0 heterocycles. The molecule has 2 rings (SSSR count). The first-order valence-electron chi connectivity index (χ1n) is 6.06. The summed E-state index contributed by atoms with van der Waals surface area (Å²) >= 11 is 5.97. The van der Waals surface area contributed by atoms with E-state index in [2.05, 4.69) is 10.1 Å². The van der Waals surface area contributed by atoms with E-state index in [1.54, 1.807) is 0 Å². The van der Waals surface area contributed by atoms with Gasteiger partial charge in [0.2, 0.25) is 0 Å². The van der Waals surface area contributed by atoms with Crippen molar-refractivity contribution < 1.29 is 18.3 Å². The van der Waals surface area contributed by atoms with Crippen LogP contribution >= 0.6 is 11.6 Å². The number of rotatable bonds is 4. The molecular weight excluding hydrogens is 300 g/mol. The average Bonchev–Trinajstić information content (AvgIpc) is 2.47. The van der Waals surface area contributed by atoms with E-state index in [1.165, 1.54) is 49.6 Å². The molecular formula is C15H12ClF2NO2. The summed E-state index contributed by atoms with van der Waals surface area (Å²) in [4.78, 5) is 11.9. The molecule has 110 valence electrons. The minimum atomic E-state index is -1.13. The van der Waals surface area contributed by atoms with Crippen LogP contribution in [0.4, 0.5) is 14.5 Å². The van der Waals surface area contributed by atoms with Gasteiger partial charge in [-0.1, -0.05) is 17.7 Å². The summed E-state index contributed by atoms with van der Waals surface area (Å²) in [5.41, 5.74) is 0.418. The van der Waals surface area contributed by atoms with Gasteiger partial charge in [-0.2, -0.15) is 0 Å². The van der Waals surface area contributed by atoms with Crippen molar-refractivity contribution in [3.8, 4) is 0 Å². The number of nitrogens with one attached hydrogen (secondary N) is 1. The smallest absolute Gasteiger partial charge is 0.333 e. The largest absolute Gasteiger partial charge is 0.467 e. The third kappa shape index (κ3) is 3.49. The Morgan fingerprint density at radius 2 is 1.86 bits per heavy atom. The fraction of sp³-hybridized carbons (Fsp3) is 0.133. The maximum atomic E-state index is 14.0. The Morgan fingerprint density at radius 1 is 1.19 bits per heavy atom. The lowest BCUT2D eigenvalue weighted by Gasteiger charge is -2.19. The van der Waals surface area contributed by atoms with Crippen molar-refractivity contribution in [3.05, 3.63) is 64.7 Å². The Bertz CT molecular complexity index is 626. The summed E-state index contributed by atoms with van der Waals surface area (Å²) in [6.07, 6.45) is 0. The third-order valence-electron chi connectivity index (χ3n) is 2.88. The second-order valence-electron chi connectivity index (χ2n) is 4.24. The van der Waals surface area contributed by atoms with E-state index < -0.39 is 23.6 Å². The van der Waals surface area contributed by atoms with Crippen LogP contribution in [0.1, 0.15) is 11.6 Å². The standard InChI is InChI=1S/C15H12ClF2NO2/c1-21-15(20)14(13-11(16)3-2-4-12(13)18)19-10-7-5-9(17)6-8-10/h2-8,14,19H,1H3. The van der Waals surface area contributed by atoms with Crippen LogP contribution in [0.5, 0.6) is 0 Å². The zero-order chi connectivity index (χ0) is 15.4. The van der Waals surface area contributed by atoms with Crippen molar-refractivity contribution >= 4 is 23.3 Å². The van der Waals surface area contributed by atoms with Crippen LogP contribution in [0.3, 0.4) is 0 Å². The molecule has 1 unspecified atom stereocenters. The van der Waals surface area contributed by atoms with E-state index in [9.17, 15) is 13.6 Å². The summed E-state index contributed by atoms with van der Waals surface area (Å²) < 4.78 is 31.5. The number of hydrogen-bond donors (Lipinski definition) is 1. The summed E-state index contributed by atoms with van der Waals surface area (Å²) in [6.45, 7) is 0. The van der Waals surface area contributed by atoms with Crippen molar-refractivity contribution in [3.63, 3.8) is 0 Å². The van der Waals surface area contributed by atoms with E-state index in [0.29, 0.717) is 5.69 Å². The zero-order valence-corrected chi connectivity index (χ0v) is 11.8. The summed E-state index contributed by atoms with van der Waals surface area (Å²) in [5, 5.41) is 2.89. The molecule has 0 bridgehead atoms. The third-order valence-corrected chi connectivity index (χ3v) is 3.21. The highest BCUT2D eigenvalue weighted by Crippen LogP contribution is 2.29. The Hall–Kier alpha value is -2.14. The van der Waals surface area contributed by atoms with Gasteiger partial charge in [0.1, 0.15) is 11.6 Å². The van der Waals surface area contributed by atoms with E-state index in [1.807, 2.05) is 0 Å². The SMILES string of the molecule is COC(=O)C(Nc1ccc(F)cc1)c1c(F)cccc1Cl. The van der Waals surface area contributed by atoms with Gasteiger partial charge in [-0.05, 0) is 36.4 Å². The van der Waals surface area contributed by atoms with Gasteiger partial charge in [0, 0.05) is 16.3 Å². The average molecular weight is 312 g/mol. The van der Waals surface area contributed by atoms with Gasteiger partial charge in [0.25, 0.3) is 0 Å². The van der Waals surface area contributed by atoms with E-state index in [-0.39, 0.29) is 10.6 Å². The summed E-state index contributed by atoms with van der Waals surface area (Å²) in [6, 6.07) is 8.28. The molecule has 0 saturated heterocycles. The molecule has 0 spiro atoms. The molecule has 1 N–H and O–H groups in total. The fourth-order valence-corrected chi connectivity index (χ4v) is 2.14. The number of esters is 1. The van der Waals surface area contributed by atoms with Crippen LogP contribution in [0.2, 0.25) is 5.02 Å². The Morgan fingerprint density at radius 3 is 2.43 bits per heavy atom. The summed E-state index contributed by atoms with van der Waals surface area (Å²) in [7, 11) is 1.19. The molecule has 0 aliphatic heterocycles. The zero-order valence-electron chi connectivity index (χ0n) is 11.1. The minimum Gasteiger partial charge on any atom is -0.467 e. The topological polar surface area (TPSA) is 38.3 Å². The predicted molar refractivity (Wildman–Crippen MR) is 76.2 cm³/mol. The van der Waals surface area contributed by atoms with Crippen molar-refractivity contribution in [1.82, 2.24) is 0 Å². The molecule has 0 radical (unpaired) electrons. The van der Waals surface area contributed by atoms with Crippen LogP contribution in [0.15, 0.2) is 42.5 Å². The number of carbonyl (C=O) groups excluding carboxylic acids is 1. The van der Waals surface area contributed by atoms with Crippen molar-refractivity contribution in [2.75, 3.05) is 12.4 Å². The highest BCUT2D eigenvalue weighted by atomic mass is 35.5. The van der Waals surface area contributed by atoms with Gasteiger partial charge in [-0.3, -0.25) is 0 Å². The maximum Gasteiger partial charge on any atom is 0.333 e. The molecule has 1 atom stereocenters. The normalized spacial score (nSPS) is 11.8. The Kier molecular flexibility index (Phi) is 4.75. The summed E-state index contributed by atoms with van der Waals surface area (Å²) in [5.74, 6) is -1.75. The predicted octanol–water partition coefficient (Wildman–Crippen LogP) is 3.94. The molecule has 2 aromatic rings. The quantitative estimate of drug-likeness (QED) is 0.869. The first-order chi connectivity index (χ1) is 10.0. The van der Waals surface area contributed by atoms with Crippen molar-refractivity contribution in [2.24, 2.45) is 0 Å². The van der Waals surface area contributed by atoms with Gasteiger partial charge in [-0.15, -0.1) is 0 Å². The van der Waals surface area contributed by atoms with Gasteiger partial charge in [0.15, 0.2) is 6.04 Å². The highest BCUT2D eigenvalue weighted by molar-refractivity contribution is 6.31. The van der Waals surface area contributed by atoms with Gasteiger partial charge in [-0.25, -0.2) is 13.6 Å². The number of carbonyl (C=O) groups is 1. The Labute approximate surface area is 125 Å². The van der Waals surface area contributed by atoms with E-state index in [4.69, 9.17) is 11.6 Å². The fourth-order valence-electron chi connectivity index (χ4n) is 1.87. The number of anilines is 1. The minimum absolute atomic E-state index is 0.0182. The molecule has 21 heavy (non-hydrogen) atoms. The molecule has 0 aliphatic carbocycles. The number of halogens is 3. The molecule has 0 amide bonds. The maximum absolute atomic E-state index is 14.0. The van der Waals surface area contributed by atoms with Gasteiger partial charge >= 0.3 is 5.97 Å². The van der Waals surface area contributed by atoms with Gasteiger partial charge < -0.3 is 10.1 Å². The first kappa shape index (κ1) is 15.3. The molecule has 2 aromatic carbocycles. The number of ether oxygens (including phenoxy) is 1. The van der Waals surface area contributed by atoms with Crippen molar-refractivity contribution in [2.45, 2.75) is 6.04 Å². The van der Waals surface area contributed by atoms with E-state index >= 15 is 0 Å². The second-order valence-corrected chi connectivity index (χ2v) is 4.65. The number of hydrogen-bond acceptors (Lipinski definition) is 3. The molecule has 6 heteroatoms. The highest BCUT2D eigenvalue weighted by Gasteiger charge is 2.27. The van der Waals surface area contributed by atoms with Crippen LogP contribution < -0.4 is 5.32 Å². The molecule has 0 aliphatic rings. The van der Waals surface area contributed by atoms with Crippen LogP contribution in [-0.4, -0.2) is 13.1 Å². The lowest BCUT2D eigenvalue weighted by molar-refractivity contribution is -0.141. The molecule has 0 fully saturated rings. The van der Waals surface area contributed by atoms with E-state index in [0.717, 1.165) is 0 Å². The molecule has 0 saturated carbocycles. The van der Waals surface area contributed by atoms with Crippen LogP contribution in [0, 0.1) is 11.6 Å². The first-order valence-corrected chi connectivity index (χ1v) is 6.44. The monoisotopic (exact) mass is 311 g/mol. The number of methoxy groups -OCH3 is 1. The molecule has 3 nitrogen and oxygen atoms in total. The van der Waals surface area contributed by atoms with Crippen LogP contribution in [-0.2, 0) is 9.53 Å².